The lowest BCUT2D eigenvalue weighted by molar-refractivity contribution is 0.563. The Balaban J connectivity index is 2.24. The summed E-state index contributed by atoms with van der Waals surface area (Å²) in [6.45, 7) is 2.12. The van der Waals surface area contributed by atoms with Crippen LogP contribution < -0.4 is 4.90 Å². The van der Waals surface area contributed by atoms with Crippen LogP contribution in [-0.2, 0) is 5.88 Å². The van der Waals surface area contributed by atoms with Crippen molar-refractivity contribution in [3.05, 3.63) is 23.6 Å². The van der Waals surface area contributed by atoms with Crippen molar-refractivity contribution < 1.29 is 4.39 Å². The second-order valence-corrected chi connectivity index (χ2v) is 4.70. The predicted octanol–water partition coefficient (Wildman–Crippen LogP) is 3.19. The summed E-state index contributed by atoms with van der Waals surface area (Å²) in [5, 5.41) is 0. The average Bonchev–Trinajstić information content (AvgIpc) is 3.11. The minimum atomic E-state index is -0.285. The van der Waals surface area contributed by atoms with Gasteiger partial charge in [0.05, 0.1) is 5.88 Å². The van der Waals surface area contributed by atoms with Crippen molar-refractivity contribution in [2.45, 2.75) is 31.7 Å². The van der Waals surface area contributed by atoms with Gasteiger partial charge in [0.25, 0.3) is 0 Å². The summed E-state index contributed by atoms with van der Waals surface area (Å²) in [7, 11) is 1.90. The van der Waals surface area contributed by atoms with E-state index in [0.717, 1.165) is 0 Å². The number of anilines is 1. The van der Waals surface area contributed by atoms with Crippen LogP contribution in [0.3, 0.4) is 0 Å². The van der Waals surface area contributed by atoms with Crippen molar-refractivity contribution >= 4 is 17.4 Å². The predicted molar refractivity (Wildman–Crippen MR) is 64.3 cm³/mol. The van der Waals surface area contributed by atoms with E-state index >= 15 is 0 Å². The molecule has 0 amide bonds. The Morgan fingerprint density at radius 2 is 2.31 bits per heavy atom. The molecule has 2 rings (SSSR count). The van der Waals surface area contributed by atoms with Gasteiger partial charge in [0.15, 0.2) is 11.6 Å². The molecule has 1 fully saturated rings. The largest absolute Gasteiger partial charge is 0.354 e. The molecule has 0 saturated heterocycles. The standard InChI is InChI=1S/C12H16ClFN2/c1-8(9-3-4-9)16(2)12-11(14)10(7-13)5-6-15-12/h5-6,8-9H,3-4,7H2,1-2H3. The molecule has 4 heteroatoms. The fourth-order valence-corrected chi connectivity index (χ4v) is 2.11. The van der Waals surface area contributed by atoms with Crippen LogP contribution in [0.5, 0.6) is 0 Å². The highest BCUT2D eigenvalue weighted by molar-refractivity contribution is 6.17. The number of alkyl halides is 1. The van der Waals surface area contributed by atoms with Gasteiger partial charge in [-0.05, 0) is 31.7 Å². The third kappa shape index (κ3) is 2.14. The average molecular weight is 243 g/mol. The van der Waals surface area contributed by atoms with E-state index in [9.17, 15) is 4.39 Å². The van der Waals surface area contributed by atoms with Gasteiger partial charge < -0.3 is 4.90 Å². The quantitative estimate of drug-likeness (QED) is 0.754. The van der Waals surface area contributed by atoms with Crippen molar-refractivity contribution in [1.82, 2.24) is 4.98 Å². The van der Waals surface area contributed by atoms with Gasteiger partial charge >= 0.3 is 0 Å². The van der Waals surface area contributed by atoms with Crippen molar-refractivity contribution in [2.24, 2.45) is 5.92 Å². The molecule has 1 aromatic rings. The number of nitrogens with zero attached hydrogens (tertiary/aromatic N) is 2. The van der Waals surface area contributed by atoms with Gasteiger partial charge in [-0.3, -0.25) is 0 Å². The maximum atomic E-state index is 14.0. The minimum Gasteiger partial charge on any atom is -0.354 e. The van der Waals surface area contributed by atoms with E-state index in [1.54, 1.807) is 12.3 Å². The maximum absolute atomic E-state index is 14.0. The smallest absolute Gasteiger partial charge is 0.170 e. The van der Waals surface area contributed by atoms with Gasteiger partial charge in [-0.2, -0.15) is 0 Å². The zero-order chi connectivity index (χ0) is 11.7. The molecule has 0 aromatic carbocycles. The summed E-state index contributed by atoms with van der Waals surface area (Å²) in [5.41, 5.74) is 0.515. The SMILES string of the molecule is CC(C1CC1)N(C)c1nccc(CCl)c1F. The summed E-state index contributed by atoms with van der Waals surface area (Å²) in [5.74, 6) is 1.00. The van der Waals surface area contributed by atoms with Crippen LogP contribution in [0.15, 0.2) is 12.3 Å². The van der Waals surface area contributed by atoms with E-state index < -0.39 is 0 Å². The second-order valence-electron chi connectivity index (χ2n) is 4.43. The summed E-state index contributed by atoms with van der Waals surface area (Å²) in [4.78, 5) is 6.03. The zero-order valence-corrected chi connectivity index (χ0v) is 10.3. The van der Waals surface area contributed by atoms with Gasteiger partial charge in [-0.25, -0.2) is 9.37 Å². The Morgan fingerprint density at radius 1 is 1.62 bits per heavy atom. The van der Waals surface area contributed by atoms with Crippen LogP contribution in [-0.4, -0.2) is 18.1 Å². The van der Waals surface area contributed by atoms with Crippen LogP contribution in [0.1, 0.15) is 25.3 Å². The van der Waals surface area contributed by atoms with Gasteiger partial charge in [0, 0.05) is 24.8 Å². The molecule has 1 unspecified atom stereocenters. The van der Waals surface area contributed by atoms with Gasteiger partial charge in [0.2, 0.25) is 0 Å². The van der Waals surface area contributed by atoms with E-state index in [0.29, 0.717) is 23.3 Å². The first-order valence-electron chi connectivity index (χ1n) is 5.57. The summed E-state index contributed by atoms with van der Waals surface area (Å²) >= 11 is 5.68. The first-order chi connectivity index (χ1) is 7.65. The highest BCUT2D eigenvalue weighted by atomic mass is 35.5. The summed E-state index contributed by atoms with van der Waals surface area (Å²) in [6, 6.07) is 1.97. The Morgan fingerprint density at radius 3 is 2.88 bits per heavy atom. The Kier molecular flexibility index (Phi) is 3.33. The van der Waals surface area contributed by atoms with Crippen LogP contribution in [0, 0.1) is 11.7 Å². The summed E-state index contributed by atoms with van der Waals surface area (Å²) < 4.78 is 14.0. The highest BCUT2D eigenvalue weighted by Gasteiger charge is 2.32. The first-order valence-corrected chi connectivity index (χ1v) is 6.10. The van der Waals surface area contributed by atoms with Crippen molar-refractivity contribution in [3.63, 3.8) is 0 Å². The minimum absolute atomic E-state index is 0.188. The number of rotatable bonds is 4. The van der Waals surface area contributed by atoms with Crippen LogP contribution in [0.25, 0.3) is 0 Å². The third-order valence-electron chi connectivity index (χ3n) is 3.34. The zero-order valence-electron chi connectivity index (χ0n) is 9.58. The molecule has 0 N–H and O–H groups in total. The topological polar surface area (TPSA) is 16.1 Å². The van der Waals surface area contributed by atoms with Crippen molar-refractivity contribution in [3.8, 4) is 0 Å². The molecular formula is C12H16ClFN2. The van der Waals surface area contributed by atoms with Crippen LogP contribution in [0.4, 0.5) is 10.2 Å². The molecule has 1 saturated carbocycles. The molecule has 1 atom stereocenters. The highest BCUT2D eigenvalue weighted by Crippen LogP contribution is 2.36. The maximum Gasteiger partial charge on any atom is 0.170 e. The van der Waals surface area contributed by atoms with E-state index in [1.165, 1.54) is 12.8 Å². The number of halogens is 2. The molecule has 1 aromatic heterocycles. The summed E-state index contributed by atoms with van der Waals surface area (Å²) in [6.07, 6.45) is 4.09. The molecule has 88 valence electrons. The first kappa shape index (κ1) is 11.6. The van der Waals surface area contributed by atoms with E-state index in [4.69, 9.17) is 11.6 Å². The Bertz CT molecular complexity index is 379. The van der Waals surface area contributed by atoms with Gasteiger partial charge in [-0.15, -0.1) is 11.6 Å². The number of hydrogen-bond donors (Lipinski definition) is 0. The van der Waals surface area contributed by atoms with E-state index in [2.05, 4.69) is 11.9 Å². The number of pyridine rings is 1. The lowest BCUT2D eigenvalue weighted by Gasteiger charge is -2.26. The molecule has 0 bridgehead atoms. The third-order valence-corrected chi connectivity index (χ3v) is 3.63. The van der Waals surface area contributed by atoms with E-state index in [-0.39, 0.29) is 11.7 Å². The Labute approximate surface area is 100 Å². The van der Waals surface area contributed by atoms with Crippen molar-refractivity contribution in [2.75, 3.05) is 11.9 Å². The normalized spacial score (nSPS) is 17.2. The van der Waals surface area contributed by atoms with Gasteiger partial charge in [-0.1, -0.05) is 0 Å². The van der Waals surface area contributed by atoms with Crippen LogP contribution >= 0.6 is 11.6 Å². The molecule has 0 aliphatic heterocycles. The molecule has 1 aliphatic carbocycles. The molecular weight excluding hydrogens is 227 g/mol. The van der Waals surface area contributed by atoms with Gasteiger partial charge in [0.1, 0.15) is 0 Å². The second kappa shape index (κ2) is 4.58. The monoisotopic (exact) mass is 242 g/mol. The number of hydrogen-bond acceptors (Lipinski definition) is 2. The molecule has 2 nitrogen and oxygen atoms in total. The number of aromatic nitrogens is 1. The molecule has 1 heterocycles. The van der Waals surface area contributed by atoms with Crippen LogP contribution in [0.2, 0.25) is 0 Å². The fraction of sp³-hybridized carbons (Fsp3) is 0.583. The molecule has 0 spiro atoms. The lowest BCUT2D eigenvalue weighted by atomic mass is 10.2. The van der Waals surface area contributed by atoms with Crippen molar-refractivity contribution in [1.29, 1.82) is 0 Å². The molecule has 1 aliphatic rings. The Hall–Kier alpha value is -0.830. The van der Waals surface area contributed by atoms with E-state index in [1.807, 2.05) is 11.9 Å². The lowest BCUT2D eigenvalue weighted by Crippen LogP contribution is -2.32. The molecule has 16 heavy (non-hydrogen) atoms. The molecule has 0 radical (unpaired) electrons. The fourth-order valence-electron chi connectivity index (χ4n) is 1.91.